The summed E-state index contributed by atoms with van der Waals surface area (Å²) in [6, 6.07) is 4.57. The molecular weight excluding hydrogens is 339 g/mol. The van der Waals surface area contributed by atoms with E-state index in [1.807, 2.05) is 6.92 Å². The molecule has 6 heteroatoms. The molecule has 21 heavy (non-hydrogen) atoms. The number of benzene rings is 1. The van der Waals surface area contributed by atoms with Gasteiger partial charge in [-0.2, -0.15) is 0 Å². The SMILES string of the molecule is C[C@@H](N)[C@H]1CCCN(C(=O)COc2ccc(Br)cc2F)C1. The maximum absolute atomic E-state index is 13.6. The second-order valence-corrected chi connectivity index (χ2v) is 6.38. The van der Waals surface area contributed by atoms with Gasteiger partial charge in [0.2, 0.25) is 0 Å². The summed E-state index contributed by atoms with van der Waals surface area (Å²) in [5.74, 6) is -0.189. The van der Waals surface area contributed by atoms with Gasteiger partial charge < -0.3 is 15.4 Å². The van der Waals surface area contributed by atoms with Gasteiger partial charge in [-0.25, -0.2) is 4.39 Å². The van der Waals surface area contributed by atoms with Gasteiger partial charge in [-0.15, -0.1) is 0 Å². The Kier molecular flexibility index (Phi) is 5.58. The largest absolute Gasteiger partial charge is 0.481 e. The van der Waals surface area contributed by atoms with Crippen molar-refractivity contribution in [1.82, 2.24) is 4.90 Å². The number of amides is 1. The smallest absolute Gasteiger partial charge is 0.260 e. The van der Waals surface area contributed by atoms with Crippen LogP contribution >= 0.6 is 15.9 Å². The van der Waals surface area contributed by atoms with Crippen LogP contribution in [0.2, 0.25) is 0 Å². The van der Waals surface area contributed by atoms with Crippen molar-refractivity contribution < 1.29 is 13.9 Å². The fourth-order valence-electron chi connectivity index (χ4n) is 2.49. The van der Waals surface area contributed by atoms with Crippen molar-refractivity contribution in [3.63, 3.8) is 0 Å². The Balaban J connectivity index is 1.89. The predicted molar refractivity (Wildman–Crippen MR) is 82.5 cm³/mol. The number of halogens is 2. The van der Waals surface area contributed by atoms with Crippen LogP contribution in [0.3, 0.4) is 0 Å². The lowest BCUT2D eigenvalue weighted by Gasteiger charge is -2.34. The number of nitrogens with zero attached hydrogens (tertiary/aromatic N) is 1. The van der Waals surface area contributed by atoms with Gasteiger partial charge >= 0.3 is 0 Å². The van der Waals surface area contributed by atoms with Crippen molar-refractivity contribution in [3.05, 3.63) is 28.5 Å². The van der Waals surface area contributed by atoms with Crippen LogP contribution in [-0.4, -0.2) is 36.5 Å². The molecule has 1 saturated heterocycles. The van der Waals surface area contributed by atoms with Gasteiger partial charge in [-0.3, -0.25) is 4.79 Å². The molecule has 1 aliphatic heterocycles. The number of hydrogen-bond acceptors (Lipinski definition) is 3. The van der Waals surface area contributed by atoms with Crippen LogP contribution in [0.15, 0.2) is 22.7 Å². The summed E-state index contributed by atoms with van der Waals surface area (Å²) in [6.07, 6.45) is 1.99. The van der Waals surface area contributed by atoms with E-state index in [-0.39, 0.29) is 24.3 Å². The summed E-state index contributed by atoms with van der Waals surface area (Å²) in [5.41, 5.74) is 5.91. The Morgan fingerprint density at radius 1 is 1.62 bits per heavy atom. The van der Waals surface area contributed by atoms with E-state index in [1.165, 1.54) is 12.1 Å². The molecule has 116 valence electrons. The minimum absolute atomic E-state index is 0.0745. The molecule has 0 aliphatic carbocycles. The highest BCUT2D eigenvalue weighted by atomic mass is 79.9. The molecule has 0 spiro atoms. The van der Waals surface area contributed by atoms with Crippen LogP contribution in [0, 0.1) is 11.7 Å². The Morgan fingerprint density at radius 3 is 3.05 bits per heavy atom. The molecule has 1 heterocycles. The zero-order valence-electron chi connectivity index (χ0n) is 12.0. The lowest BCUT2D eigenvalue weighted by Crippen LogP contribution is -2.46. The zero-order valence-corrected chi connectivity index (χ0v) is 13.6. The number of ether oxygens (including phenoxy) is 1. The minimum atomic E-state index is -0.482. The molecule has 0 aromatic heterocycles. The first kappa shape index (κ1) is 16.2. The summed E-state index contributed by atoms with van der Waals surface area (Å²) in [6.45, 7) is 3.19. The lowest BCUT2D eigenvalue weighted by atomic mass is 9.92. The number of hydrogen-bond donors (Lipinski definition) is 1. The number of likely N-dealkylation sites (tertiary alicyclic amines) is 1. The Bertz CT molecular complexity index is 510. The molecule has 0 saturated carbocycles. The average molecular weight is 359 g/mol. The van der Waals surface area contributed by atoms with Crippen LogP contribution in [0.4, 0.5) is 4.39 Å². The van der Waals surface area contributed by atoms with Gasteiger partial charge in [-0.1, -0.05) is 15.9 Å². The summed E-state index contributed by atoms with van der Waals surface area (Å²) in [4.78, 5) is 13.9. The number of rotatable bonds is 4. The number of carbonyl (C=O) groups excluding carboxylic acids is 1. The molecule has 1 aromatic rings. The second kappa shape index (κ2) is 7.22. The van der Waals surface area contributed by atoms with Crippen molar-refractivity contribution in [3.8, 4) is 5.75 Å². The quantitative estimate of drug-likeness (QED) is 0.899. The monoisotopic (exact) mass is 358 g/mol. The Labute approximate surface area is 132 Å². The first-order valence-electron chi connectivity index (χ1n) is 7.08. The van der Waals surface area contributed by atoms with E-state index in [0.717, 1.165) is 12.8 Å². The van der Waals surface area contributed by atoms with Crippen molar-refractivity contribution >= 4 is 21.8 Å². The van der Waals surface area contributed by atoms with Gasteiger partial charge in [0.1, 0.15) is 0 Å². The zero-order chi connectivity index (χ0) is 15.4. The minimum Gasteiger partial charge on any atom is -0.481 e. The normalized spacial score (nSPS) is 20.2. The Hall–Kier alpha value is -1.14. The number of nitrogens with two attached hydrogens (primary N) is 1. The van der Waals surface area contributed by atoms with E-state index in [0.29, 0.717) is 23.5 Å². The third-order valence-corrected chi connectivity index (χ3v) is 4.29. The summed E-state index contributed by atoms with van der Waals surface area (Å²) in [5, 5.41) is 0. The highest BCUT2D eigenvalue weighted by Crippen LogP contribution is 2.22. The highest BCUT2D eigenvalue weighted by Gasteiger charge is 2.26. The molecule has 1 aromatic carbocycles. The molecule has 1 fully saturated rings. The van der Waals surface area contributed by atoms with Crippen molar-refractivity contribution in [2.45, 2.75) is 25.8 Å². The lowest BCUT2D eigenvalue weighted by molar-refractivity contribution is -0.135. The predicted octanol–water partition coefficient (Wildman–Crippen LogP) is 2.55. The maximum atomic E-state index is 13.6. The third-order valence-electron chi connectivity index (χ3n) is 3.80. The summed E-state index contributed by atoms with van der Waals surface area (Å²) in [7, 11) is 0. The van der Waals surface area contributed by atoms with Gasteiger partial charge in [-0.05, 0) is 43.9 Å². The molecule has 0 bridgehead atoms. The van der Waals surface area contributed by atoms with Gasteiger partial charge in [0.05, 0.1) is 0 Å². The first-order chi connectivity index (χ1) is 9.97. The van der Waals surface area contributed by atoms with E-state index in [1.54, 1.807) is 11.0 Å². The highest BCUT2D eigenvalue weighted by molar-refractivity contribution is 9.10. The van der Waals surface area contributed by atoms with Gasteiger partial charge in [0.15, 0.2) is 18.2 Å². The first-order valence-corrected chi connectivity index (χ1v) is 7.88. The fourth-order valence-corrected chi connectivity index (χ4v) is 2.82. The Morgan fingerprint density at radius 2 is 2.38 bits per heavy atom. The number of piperidine rings is 1. The summed E-state index contributed by atoms with van der Waals surface area (Å²) >= 11 is 3.18. The van der Waals surface area contributed by atoms with Gasteiger partial charge in [0, 0.05) is 23.6 Å². The van der Waals surface area contributed by atoms with Crippen molar-refractivity contribution in [2.24, 2.45) is 11.7 Å². The molecule has 2 atom stereocenters. The standard InChI is InChI=1S/C15H20BrFN2O2/c1-10(18)11-3-2-6-19(8-11)15(20)9-21-14-5-4-12(16)7-13(14)17/h4-5,7,10-11H,2-3,6,8-9,18H2,1H3/t10-,11+/m1/s1. The molecule has 1 amide bonds. The fraction of sp³-hybridized carbons (Fsp3) is 0.533. The number of carbonyl (C=O) groups is 1. The molecule has 1 aliphatic rings. The molecule has 0 radical (unpaired) electrons. The van der Waals surface area contributed by atoms with Crippen LogP contribution in [0.1, 0.15) is 19.8 Å². The van der Waals surface area contributed by atoms with E-state index in [4.69, 9.17) is 10.5 Å². The third kappa shape index (κ3) is 4.41. The van der Waals surface area contributed by atoms with Crippen molar-refractivity contribution in [1.29, 1.82) is 0 Å². The molecular formula is C15H20BrFN2O2. The molecule has 2 rings (SSSR count). The van der Waals surface area contributed by atoms with Crippen molar-refractivity contribution in [2.75, 3.05) is 19.7 Å². The molecule has 4 nitrogen and oxygen atoms in total. The van der Waals surface area contributed by atoms with Crippen LogP contribution in [0.25, 0.3) is 0 Å². The van der Waals surface area contributed by atoms with E-state index >= 15 is 0 Å². The van der Waals surface area contributed by atoms with E-state index in [2.05, 4.69) is 15.9 Å². The second-order valence-electron chi connectivity index (χ2n) is 5.46. The maximum Gasteiger partial charge on any atom is 0.260 e. The average Bonchev–Trinajstić information content (AvgIpc) is 2.46. The molecule has 2 N–H and O–H groups in total. The summed E-state index contributed by atoms with van der Waals surface area (Å²) < 4.78 is 19.5. The van der Waals surface area contributed by atoms with E-state index < -0.39 is 5.82 Å². The van der Waals surface area contributed by atoms with Crippen LogP contribution < -0.4 is 10.5 Å². The molecule has 0 unspecified atom stereocenters. The topological polar surface area (TPSA) is 55.6 Å². The van der Waals surface area contributed by atoms with Gasteiger partial charge in [0.25, 0.3) is 5.91 Å². The van der Waals surface area contributed by atoms with E-state index in [9.17, 15) is 9.18 Å². The van der Waals surface area contributed by atoms with Crippen LogP contribution in [-0.2, 0) is 4.79 Å². The van der Waals surface area contributed by atoms with Crippen LogP contribution in [0.5, 0.6) is 5.75 Å².